The number of rotatable bonds is 2. The Hall–Kier alpha value is -2.21. The van der Waals surface area contributed by atoms with Gasteiger partial charge in [-0.25, -0.2) is 9.37 Å². The lowest BCUT2D eigenvalue weighted by Gasteiger charge is -2.33. The first-order valence-corrected chi connectivity index (χ1v) is 8.90. The molecular weight excluding hydrogens is 325 g/mol. The standard InChI is InChI=1S/C18H18FN3OS/c1-12-15-9-13(19)4-5-16(15)24-17(12)18(23)21-7-2-3-14(10-21)22-8-6-20-11-22/h4-6,8-9,11,14H,2-3,7,10H2,1H3/t14-/m0/s1. The van der Waals surface area contributed by atoms with Crippen LogP contribution < -0.4 is 0 Å². The summed E-state index contributed by atoms with van der Waals surface area (Å²) in [4.78, 5) is 19.8. The summed E-state index contributed by atoms with van der Waals surface area (Å²) in [5, 5.41) is 0.839. The minimum atomic E-state index is -0.263. The lowest BCUT2D eigenvalue weighted by atomic mass is 10.0. The Kier molecular flexibility index (Phi) is 3.84. The molecule has 24 heavy (non-hydrogen) atoms. The molecule has 4 nitrogen and oxygen atoms in total. The molecule has 2 aromatic heterocycles. The van der Waals surface area contributed by atoms with E-state index in [1.165, 1.54) is 23.5 Å². The van der Waals surface area contributed by atoms with Gasteiger partial charge in [0.1, 0.15) is 5.82 Å². The fraction of sp³-hybridized carbons (Fsp3) is 0.333. The van der Waals surface area contributed by atoms with E-state index in [0.717, 1.165) is 39.9 Å². The van der Waals surface area contributed by atoms with Crippen LogP contribution >= 0.6 is 11.3 Å². The van der Waals surface area contributed by atoms with E-state index < -0.39 is 0 Å². The van der Waals surface area contributed by atoms with Gasteiger partial charge in [0.25, 0.3) is 5.91 Å². The van der Waals surface area contributed by atoms with E-state index in [-0.39, 0.29) is 17.8 Å². The van der Waals surface area contributed by atoms with Crippen LogP contribution in [0.25, 0.3) is 10.1 Å². The minimum absolute atomic E-state index is 0.0546. The van der Waals surface area contributed by atoms with Crippen molar-refractivity contribution in [2.75, 3.05) is 13.1 Å². The number of halogens is 1. The molecule has 1 aromatic carbocycles. The Labute approximate surface area is 143 Å². The van der Waals surface area contributed by atoms with Gasteiger partial charge in [-0.05, 0) is 48.9 Å². The van der Waals surface area contributed by atoms with E-state index in [2.05, 4.69) is 9.55 Å². The van der Waals surface area contributed by atoms with E-state index in [4.69, 9.17) is 0 Å². The molecule has 1 aliphatic rings. The average Bonchev–Trinajstić information content (AvgIpc) is 3.24. The fourth-order valence-corrected chi connectivity index (χ4v) is 4.57. The first kappa shape index (κ1) is 15.3. The maximum atomic E-state index is 13.5. The first-order valence-electron chi connectivity index (χ1n) is 8.09. The summed E-state index contributed by atoms with van der Waals surface area (Å²) in [5.41, 5.74) is 0.879. The molecule has 0 unspecified atom stereocenters. The highest BCUT2D eigenvalue weighted by molar-refractivity contribution is 7.21. The second-order valence-electron chi connectivity index (χ2n) is 6.25. The van der Waals surface area contributed by atoms with Crippen molar-refractivity contribution in [3.8, 4) is 0 Å². The summed E-state index contributed by atoms with van der Waals surface area (Å²) < 4.78 is 16.5. The number of fused-ring (bicyclic) bond motifs is 1. The van der Waals surface area contributed by atoms with Gasteiger partial charge < -0.3 is 9.47 Å². The molecule has 1 fully saturated rings. The Balaban J connectivity index is 1.62. The summed E-state index contributed by atoms with van der Waals surface area (Å²) in [6, 6.07) is 4.99. The third-order valence-corrected chi connectivity index (χ3v) is 5.98. The molecule has 4 rings (SSSR count). The molecule has 0 radical (unpaired) electrons. The molecule has 0 aliphatic carbocycles. The predicted octanol–water partition coefficient (Wildman–Crippen LogP) is 4.02. The second kappa shape index (κ2) is 6.02. The minimum Gasteiger partial charge on any atom is -0.336 e. The van der Waals surface area contributed by atoms with Gasteiger partial charge in [-0.15, -0.1) is 11.3 Å². The second-order valence-corrected chi connectivity index (χ2v) is 7.31. The zero-order valence-electron chi connectivity index (χ0n) is 13.4. The Morgan fingerprint density at radius 1 is 1.42 bits per heavy atom. The predicted molar refractivity (Wildman–Crippen MR) is 92.9 cm³/mol. The summed E-state index contributed by atoms with van der Waals surface area (Å²) in [5.74, 6) is -0.209. The highest BCUT2D eigenvalue weighted by atomic mass is 32.1. The van der Waals surface area contributed by atoms with Crippen LogP contribution in [0, 0.1) is 12.7 Å². The number of thiophene rings is 1. The van der Waals surface area contributed by atoms with Crippen LogP contribution in [-0.2, 0) is 0 Å². The average molecular weight is 343 g/mol. The molecule has 124 valence electrons. The molecule has 0 N–H and O–H groups in total. The van der Waals surface area contributed by atoms with Crippen molar-refractivity contribution in [2.45, 2.75) is 25.8 Å². The highest BCUT2D eigenvalue weighted by Gasteiger charge is 2.27. The number of piperidine rings is 1. The maximum absolute atomic E-state index is 13.5. The van der Waals surface area contributed by atoms with Gasteiger partial charge in [0.2, 0.25) is 0 Å². The maximum Gasteiger partial charge on any atom is 0.264 e. The smallest absolute Gasteiger partial charge is 0.264 e. The summed E-state index contributed by atoms with van der Waals surface area (Å²) in [7, 11) is 0. The first-order chi connectivity index (χ1) is 11.6. The number of carbonyl (C=O) groups is 1. The molecule has 3 aromatic rings. The Morgan fingerprint density at radius 2 is 2.29 bits per heavy atom. The van der Waals surface area contributed by atoms with Crippen LogP contribution in [0.3, 0.4) is 0 Å². The number of likely N-dealkylation sites (tertiary alicyclic amines) is 1. The van der Waals surface area contributed by atoms with Crippen LogP contribution in [0.2, 0.25) is 0 Å². The molecule has 6 heteroatoms. The van der Waals surface area contributed by atoms with E-state index in [1.807, 2.05) is 24.3 Å². The van der Waals surface area contributed by atoms with E-state index in [1.54, 1.807) is 12.3 Å². The molecule has 0 bridgehead atoms. The van der Waals surface area contributed by atoms with Crippen LogP contribution in [0.1, 0.15) is 34.1 Å². The van der Waals surface area contributed by atoms with Crippen molar-refractivity contribution in [1.29, 1.82) is 0 Å². The van der Waals surface area contributed by atoms with Crippen LogP contribution in [-0.4, -0.2) is 33.4 Å². The number of aryl methyl sites for hydroxylation is 1. The highest BCUT2D eigenvalue weighted by Crippen LogP contribution is 2.33. The van der Waals surface area contributed by atoms with Crippen LogP contribution in [0.15, 0.2) is 36.9 Å². The lowest BCUT2D eigenvalue weighted by Crippen LogP contribution is -2.40. The summed E-state index contributed by atoms with van der Waals surface area (Å²) in [6.07, 6.45) is 7.56. The molecule has 1 atom stereocenters. The van der Waals surface area contributed by atoms with Crippen molar-refractivity contribution in [3.63, 3.8) is 0 Å². The number of hydrogen-bond donors (Lipinski definition) is 0. The third kappa shape index (κ3) is 2.60. The Bertz CT molecular complexity index is 887. The molecule has 3 heterocycles. The van der Waals surface area contributed by atoms with Crippen molar-refractivity contribution in [1.82, 2.24) is 14.5 Å². The topological polar surface area (TPSA) is 38.1 Å². The van der Waals surface area contributed by atoms with Gasteiger partial charge in [0, 0.05) is 30.2 Å². The van der Waals surface area contributed by atoms with Crippen LogP contribution in [0.4, 0.5) is 4.39 Å². The number of nitrogens with zero attached hydrogens (tertiary/aromatic N) is 3. The zero-order chi connectivity index (χ0) is 16.7. The SMILES string of the molecule is Cc1c(C(=O)N2CCC[C@H](n3ccnc3)C2)sc2ccc(F)cc12. The zero-order valence-corrected chi connectivity index (χ0v) is 14.2. The molecular formula is C18H18FN3OS. The summed E-state index contributed by atoms with van der Waals surface area (Å²) >= 11 is 1.46. The lowest BCUT2D eigenvalue weighted by molar-refractivity contribution is 0.0684. The van der Waals surface area contributed by atoms with Crippen molar-refractivity contribution >= 4 is 27.3 Å². The fourth-order valence-electron chi connectivity index (χ4n) is 3.41. The molecule has 1 amide bonds. The van der Waals surface area contributed by atoms with Gasteiger partial charge in [0.05, 0.1) is 17.2 Å². The van der Waals surface area contributed by atoms with Gasteiger partial charge in [0.15, 0.2) is 0 Å². The van der Waals surface area contributed by atoms with E-state index in [9.17, 15) is 9.18 Å². The number of carbonyl (C=O) groups excluding carboxylic acids is 1. The van der Waals surface area contributed by atoms with Crippen molar-refractivity contribution in [2.24, 2.45) is 0 Å². The van der Waals surface area contributed by atoms with Gasteiger partial charge in [-0.1, -0.05) is 0 Å². The molecule has 0 saturated carbocycles. The molecule has 1 saturated heterocycles. The normalized spacial score (nSPS) is 18.2. The quantitative estimate of drug-likeness (QED) is 0.705. The number of benzene rings is 1. The largest absolute Gasteiger partial charge is 0.336 e. The van der Waals surface area contributed by atoms with Crippen molar-refractivity contribution < 1.29 is 9.18 Å². The number of amides is 1. The number of aromatic nitrogens is 2. The van der Waals surface area contributed by atoms with Gasteiger partial charge in [-0.3, -0.25) is 4.79 Å². The van der Waals surface area contributed by atoms with Crippen LogP contribution in [0.5, 0.6) is 0 Å². The molecule has 0 spiro atoms. The van der Waals surface area contributed by atoms with Gasteiger partial charge in [-0.2, -0.15) is 0 Å². The van der Waals surface area contributed by atoms with E-state index in [0.29, 0.717) is 6.54 Å². The van der Waals surface area contributed by atoms with Crippen molar-refractivity contribution in [3.05, 3.63) is 53.2 Å². The third-order valence-electron chi connectivity index (χ3n) is 4.72. The molecule has 1 aliphatic heterocycles. The van der Waals surface area contributed by atoms with E-state index >= 15 is 0 Å². The Morgan fingerprint density at radius 3 is 3.08 bits per heavy atom. The monoisotopic (exact) mass is 343 g/mol. The number of imidazole rings is 1. The van der Waals surface area contributed by atoms with Gasteiger partial charge >= 0.3 is 0 Å². The summed E-state index contributed by atoms with van der Waals surface area (Å²) in [6.45, 7) is 3.37. The number of hydrogen-bond acceptors (Lipinski definition) is 3.